The quantitative estimate of drug-likeness (QED) is 0.358. The summed E-state index contributed by atoms with van der Waals surface area (Å²) in [7, 11) is 7.45. The zero-order valence-corrected chi connectivity index (χ0v) is 33.0. The number of nitrogens with one attached hydrogen (secondary N) is 3. The van der Waals surface area contributed by atoms with Crippen molar-refractivity contribution in [3.63, 3.8) is 0 Å². The van der Waals surface area contributed by atoms with Crippen molar-refractivity contribution in [2.75, 3.05) is 35.4 Å². The lowest BCUT2D eigenvalue weighted by atomic mass is 9.98. The summed E-state index contributed by atoms with van der Waals surface area (Å²) in [6.45, 7) is 4.46. The molecule has 6 rings (SSSR count). The molecule has 3 heterocycles. The van der Waals surface area contributed by atoms with Crippen LogP contribution in [0.3, 0.4) is 0 Å². The predicted molar refractivity (Wildman–Crippen MR) is 206 cm³/mol. The molecule has 3 aromatic rings. The Bertz CT molecular complexity index is 1950. The molecule has 15 nitrogen and oxygen atoms in total. The number of rotatable bonds is 4. The first-order valence-electron chi connectivity index (χ1n) is 18.4. The van der Waals surface area contributed by atoms with Crippen LogP contribution in [0.25, 0.3) is 0 Å². The minimum atomic E-state index is -1.16. The third-order valence-electron chi connectivity index (χ3n) is 10.4. The van der Waals surface area contributed by atoms with E-state index in [0.29, 0.717) is 39.7 Å². The maximum Gasteiger partial charge on any atom is 0.246 e. The third kappa shape index (κ3) is 9.21. The van der Waals surface area contributed by atoms with Crippen molar-refractivity contribution in [2.24, 2.45) is 0 Å². The van der Waals surface area contributed by atoms with Gasteiger partial charge >= 0.3 is 0 Å². The van der Waals surface area contributed by atoms with Crippen LogP contribution in [0, 0.1) is 0 Å². The average Bonchev–Trinajstić information content (AvgIpc) is 3.19. The van der Waals surface area contributed by atoms with Crippen molar-refractivity contribution in [1.29, 1.82) is 0 Å². The van der Waals surface area contributed by atoms with E-state index in [1.165, 1.54) is 70.8 Å². The number of methoxy groups -OCH3 is 2. The number of carbonyl (C=O) groups excluding carboxylic acids is 6. The van der Waals surface area contributed by atoms with Crippen LogP contribution in [-0.4, -0.2) is 122 Å². The van der Waals surface area contributed by atoms with Gasteiger partial charge in [-0.15, -0.1) is 0 Å². The number of nitrogens with zero attached hydrogens (tertiary/aromatic N) is 3. The third-order valence-corrected chi connectivity index (χ3v) is 10.4. The summed E-state index contributed by atoms with van der Waals surface area (Å²) in [5.41, 5.74) is 2.03. The molecule has 3 aromatic carbocycles. The second-order valence-electron chi connectivity index (χ2n) is 14.3. The zero-order valence-electron chi connectivity index (χ0n) is 33.0. The Hall–Kier alpha value is -6.12. The van der Waals surface area contributed by atoms with Gasteiger partial charge in [0.1, 0.15) is 47.8 Å². The summed E-state index contributed by atoms with van der Waals surface area (Å²) in [6.07, 6.45) is 0.139. The molecule has 298 valence electrons. The topological polar surface area (TPSA) is 176 Å². The first kappa shape index (κ1) is 41.1. The molecule has 0 radical (unpaired) electrons. The Balaban J connectivity index is 1.57. The van der Waals surface area contributed by atoms with E-state index < -0.39 is 71.7 Å². The van der Waals surface area contributed by atoms with Crippen molar-refractivity contribution in [2.45, 2.75) is 76.3 Å². The first-order chi connectivity index (χ1) is 26.6. The number of hydrogen-bond acceptors (Lipinski definition) is 9. The number of ether oxygens (including phenoxy) is 3. The number of amides is 6. The maximum absolute atomic E-state index is 14.7. The molecular formula is C41H50N6O9. The van der Waals surface area contributed by atoms with E-state index >= 15 is 0 Å². The highest BCUT2D eigenvalue weighted by molar-refractivity contribution is 5.98. The standard InChI is InChI=1S/C41H50N6O9/c1-23-36(48)43-24(2)39(51)45(4)31(19-26-9-14-29(54-7)15-10-26)38(50)44-25(3)40(52)47(6)33-20-27-11-16-30(17-12-27)56-35-22-28(13-18-34(35)55-8)21-32(37(49)42-23)46(5)41(33)53/h9-18,22-25,31-33H,19-21H2,1-8H3,(H,42,49)(H,43,48)(H,44,50)/t23-,24+,25+,31-,32+,33-/m1/s1. The maximum atomic E-state index is 14.7. The normalized spacial score (nSPS) is 24.3. The highest BCUT2D eigenvalue weighted by atomic mass is 16.5. The van der Waals surface area contributed by atoms with E-state index in [2.05, 4.69) is 16.0 Å². The van der Waals surface area contributed by atoms with E-state index in [-0.39, 0.29) is 19.3 Å². The van der Waals surface area contributed by atoms with E-state index in [1.54, 1.807) is 66.7 Å². The molecule has 6 atom stereocenters. The van der Waals surface area contributed by atoms with Crippen LogP contribution in [0.5, 0.6) is 23.0 Å². The average molecular weight is 771 g/mol. The summed E-state index contributed by atoms with van der Waals surface area (Å²) in [6, 6.07) is 12.5. The Labute approximate surface area is 326 Å². The summed E-state index contributed by atoms with van der Waals surface area (Å²) in [4.78, 5) is 88.2. The van der Waals surface area contributed by atoms with Crippen molar-refractivity contribution in [3.05, 3.63) is 83.4 Å². The van der Waals surface area contributed by atoms with Crippen molar-refractivity contribution in [3.8, 4) is 23.0 Å². The summed E-state index contributed by atoms with van der Waals surface area (Å²) in [5.74, 6) is -1.63. The predicted octanol–water partition coefficient (Wildman–Crippen LogP) is 1.85. The van der Waals surface area contributed by atoms with E-state index in [9.17, 15) is 28.8 Å². The van der Waals surface area contributed by atoms with Crippen molar-refractivity contribution >= 4 is 35.4 Å². The molecule has 15 heteroatoms. The molecule has 1 saturated heterocycles. The van der Waals surface area contributed by atoms with Gasteiger partial charge in [-0.3, -0.25) is 28.8 Å². The SMILES string of the molecule is COc1ccc(C[C@@H]2C(=O)N[C@@H](C)C(=O)N(C)[C@@H]3Cc4ccc(cc4)Oc4cc(ccc4OC)C[C@@H](C(=O)N[C@H](C)C(=O)N[C@@H](C)C(=O)N2C)N(C)C3=O)cc1. The van der Waals surface area contributed by atoms with Gasteiger partial charge in [0.05, 0.1) is 14.2 Å². The van der Waals surface area contributed by atoms with E-state index in [1.807, 2.05) is 0 Å². The minimum absolute atomic E-state index is 0.00641. The van der Waals surface area contributed by atoms with Crippen molar-refractivity contribution < 1.29 is 43.0 Å². The fourth-order valence-electron chi connectivity index (χ4n) is 6.83. The van der Waals surface area contributed by atoms with Gasteiger partial charge in [0.2, 0.25) is 35.4 Å². The molecule has 3 aliphatic rings. The van der Waals surface area contributed by atoms with Gasteiger partial charge in [-0.2, -0.15) is 0 Å². The second-order valence-corrected chi connectivity index (χ2v) is 14.3. The molecule has 0 aromatic heterocycles. The molecule has 3 aliphatic heterocycles. The molecule has 0 unspecified atom stereocenters. The van der Waals surface area contributed by atoms with E-state index in [4.69, 9.17) is 14.2 Å². The van der Waals surface area contributed by atoms with Crippen molar-refractivity contribution in [1.82, 2.24) is 30.7 Å². The zero-order chi connectivity index (χ0) is 40.8. The molecular weight excluding hydrogens is 720 g/mol. The van der Waals surface area contributed by atoms with Gasteiger partial charge in [-0.05, 0) is 73.9 Å². The summed E-state index contributed by atoms with van der Waals surface area (Å²) in [5, 5.41) is 8.14. The van der Waals surface area contributed by atoms with Gasteiger partial charge in [0.15, 0.2) is 11.5 Å². The highest BCUT2D eigenvalue weighted by Gasteiger charge is 2.39. The Morgan fingerprint density at radius 1 is 0.607 bits per heavy atom. The molecule has 56 heavy (non-hydrogen) atoms. The molecule has 1 fully saturated rings. The van der Waals surface area contributed by atoms with Crippen LogP contribution < -0.4 is 30.2 Å². The minimum Gasteiger partial charge on any atom is -0.497 e. The lowest BCUT2D eigenvalue weighted by Gasteiger charge is -2.36. The summed E-state index contributed by atoms with van der Waals surface area (Å²) < 4.78 is 17.0. The van der Waals surface area contributed by atoms with Crippen LogP contribution in [-0.2, 0) is 48.0 Å². The number of fused-ring (bicyclic) bond motifs is 2. The Kier molecular flexibility index (Phi) is 12.9. The Morgan fingerprint density at radius 3 is 1.79 bits per heavy atom. The monoisotopic (exact) mass is 770 g/mol. The molecule has 6 amide bonds. The van der Waals surface area contributed by atoms with Gasteiger partial charge in [-0.25, -0.2) is 0 Å². The van der Waals surface area contributed by atoms with Crippen LogP contribution in [0.1, 0.15) is 37.5 Å². The van der Waals surface area contributed by atoms with E-state index in [0.717, 1.165) is 0 Å². The lowest BCUT2D eigenvalue weighted by Crippen LogP contribution is -2.61. The van der Waals surface area contributed by atoms with Gasteiger partial charge in [-0.1, -0.05) is 30.3 Å². The van der Waals surface area contributed by atoms with Crippen LogP contribution >= 0.6 is 0 Å². The largest absolute Gasteiger partial charge is 0.497 e. The smallest absolute Gasteiger partial charge is 0.246 e. The highest BCUT2D eigenvalue weighted by Crippen LogP contribution is 2.34. The first-order valence-corrected chi connectivity index (χ1v) is 18.4. The molecule has 3 N–H and O–H groups in total. The fourth-order valence-corrected chi connectivity index (χ4v) is 6.83. The second kappa shape index (κ2) is 17.6. The van der Waals surface area contributed by atoms with Crippen LogP contribution in [0.4, 0.5) is 0 Å². The van der Waals surface area contributed by atoms with Gasteiger partial charge in [0, 0.05) is 40.4 Å². The molecule has 0 saturated carbocycles. The Morgan fingerprint density at radius 2 is 1.16 bits per heavy atom. The fraction of sp³-hybridized carbons (Fsp3) is 0.415. The number of hydrogen-bond donors (Lipinski definition) is 3. The summed E-state index contributed by atoms with van der Waals surface area (Å²) >= 11 is 0. The lowest BCUT2D eigenvalue weighted by molar-refractivity contribution is -0.149. The molecule has 0 spiro atoms. The number of benzene rings is 3. The molecule has 0 aliphatic carbocycles. The van der Waals surface area contributed by atoms with Crippen LogP contribution in [0.2, 0.25) is 0 Å². The van der Waals surface area contributed by atoms with Crippen LogP contribution in [0.15, 0.2) is 66.7 Å². The number of carbonyl (C=O) groups is 6. The van der Waals surface area contributed by atoms with Gasteiger partial charge < -0.3 is 44.9 Å². The van der Waals surface area contributed by atoms with Gasteiger partial charge in [0.25, 0.3) is 0 Å². The number of likely N-dealkylation sites (N-methyl/N-ethyl adjacent to an activating group) is 3. The molecule has 6 bridgehead atoms.